The average Bonchev–Trinajstić information content (AvgIpc) is 3.35. The van der Waals surface area contributed by atoms with Crippen LogP contribution in [0, 0.1) is 0 Å². The van der Waals surface area contributed by atoms with Crippen molar-refractivity contribution in [2.24, 2.45) is 0 Å². The van der Waals surface area contributed by atoms with Crippen LogP contribution in [0.1, 0.15) is 87.8 Å². The Balaban J connectivity index is 1.77. The number of thiophene rings is 1. The molecular formula is C28H40N2O3S. The third-order valence-electron chi connectivity index (χ3n) is 6.96. The first-order valence-electron chi connectivity index (χ1n) is 12.8. The smallest absolute Gasteiger partial charge is 0.243 e. The Morgan fingerprint density at radius 3 is 2.53 bits per heavy atom. The first-order chi connectivity index (χ1) is 16.5. The van der Waals surface area contributed by atoms with Crippen molar-refractivity contribution in [1.29, 1.82) is 0 Å². The molecule has 2 amide bonds. The molecule has 2 unspecified atom stereocenters. The lowest BCUT2D eigenvalue weighted by Gasteiger charge is -2.38. The maximum atomic E-state index is 13.7. The predicted molar refractivity (Wildman–Crippen MR) is 139 cm³/mol. The van der Waals surface area contributed by atoms with Gasteiger partial charge in [0.15, 0.2) is 0 Å². The summed E-state index contributed by atoms with van der Waals surface area (Å²) in [5.74, 6) is 0.932. The van der Waals surface area contributed by atoms with E-state index in [4.69, 9.17) is 4.74 Å². The molecule has 0 bridgehead atoms. The van der Waals surface area contributed by atoms with Crippen LogP contribution >= 0.6 is 11.3 Å². The quantitative estimate of drug-likeness (QED) is 0.336. The zero-order valence-electron chi connectivity index (χ0n) is 21.2. The molecule has 186 valence electrons. The minimum atomic E-state index is -0.128. The largest absolute Gasteiger partial charge is 0.497 e. The fourth-order valence-corrected chi connectivity index (χ4v) is 5.60. The Hall–Kier alpha value is -2.34. The van der Waals surface area contributed by atoms with E-state index in [2.05, 4.69) is 32.2 Å². The maximum absolute atomic E-state index is 13.7. The fourth-order valence-electron chi connectivity index (χ4n) is 4.70. The van der Waals surface area contributed by atoms with Gasteiger partial charge in [-0.05, 0) is 60.9 Å². The van der Waals surface area contributed by atoms with Crippen molar-refractivity contribution in [3.8, 4) is 5.75 Å². The van der Waals surface area contributed by atoms with Gasteiger partial charge in [0, 0.05) is 23.9 Å². The molecule has 1 aromatic carbocycles. The summed E-state index contributed by atoms with van der Waals surface area (Å²) < 4.78 is 5.33. The predicted octanol–water partition coefficient (Wildman–Crippen LogP) is 6.22. The SMILES string of the molecule is CCCCCCCC(=O)N(CC(=O)N1CCc2sccc2C1c1ccc(OC)cc1)C(C)CC. The van der Waals surface area contributed by atoms with Gasteiger partial charge in [-0.3, -0.25) is 9.59 Å². The van der Waals surface area contributed by atoms with Gasteiger partial charge in [0.05, 0.1) is 13.2 Å². The average molecular weight is 485 g/mol. The van der Waals surface area contributed by atoms with E-state index in [1.165, 1.54) is 29.7 Å². The minimum Gasteiger partial charge on any atom is -0.497 e. The highest BCUT2D eigenvalue weighted by molar-refractivity contribution is 7.10. The zero-order chi connectivity index (χ0) is 24.5. The molecule has 5 nitrogen and oxygen atoms in total. The zero-order valence-corrected chi connectivity index (χ0v) is 22.0. The van der Waals surface area contributed by atoms with Crippen LogP contribution < -0.4 is 4.74 Å². The summed E-state index contributed by atoms with van der Waals surface area (Å²) in [5, 5.41) is 2.11. The van der Waals surface area contributed by atoms with E-state index in [1.807, 2.05) is 34.1 Å². The number of benzene rings is 1. The highest BCUT2D eigenvalue weighted by Crippen LogP contribution is 2.38. The number of nitrogens with zero attached hydrogens (tertiary/aromatic N) is 2. The first kappa shape index (κ1) is 26.3. The second-order valence-corrected chi connectivity index (χ2v) is 10.3. The number of methoxy groups -OCH3 is 1. The topological polar surface area (TPSA) is 49.9 Å². The third kappa shape index (κ3) is 6.41. The molecule has 34 heavy (non-hydrogen) atoms. The van der Waals surface area contributed by atoms with Gasteiger partial charge < -0.3 is 14.5 Å². The molecule has 1 aliphatic heterocycles. The number of rotatable bonds is 12. The molecule has 1 aliphatic rings. The van der Waals surface area contributed by atoms with Crippen molar-refractivity contribution in [2.45, 2.75) is 84.2 Å². The van der Waals surface area contributed by atoms with Gasteiger partial charge in [-0.15, -0.1) is 11.3 Å². The van der Waals surface area contributed by atoms with Gasteiger partial charge >= 0.3 is 0 Å². The van der Waals surface area contributed by atoms with Crippen LogP contribution in [-0.2, 0) is 16.0 Å². The number of hydrogen-bond donors (Lipinski definition) is 0. The molecule has 2 atom stereocenters. The standard InChI is InChI=1S/C28H40N2O3S/c1-5-7-8-9-10-11-26(31)30(21(3)6-2)20-27(32)29-18-16-25-24(17-19-34-25)28(29)22-12-14-23(33-4)15-13-22/h12-15,17,19,21,28H,5-11,16,18,20H2,1-4H3. The van der Waals surface area contributed by atoms with Crippen LogP contribution in [0.2, 0.25) is 0 Å². The van der Waals surface area contributed by atoms with Crippen LogP contribution in [-0.4, -0.2) is 47.9 Å². The minimum absolute atomic E-state index is 0.0253. The van der Waals surface area contributed by atoms with Gasteiger partial charge in [0.25, 0.3) is 0 Å². The number of amides is 2. The van der Waals surface area contributed by atoms with E-state index in [-0.39, 0.29) is 30.4 Å². The van der Waals surface area contributed by atoms with Crippen LogP contribution in [0.15, 0.2) is 35.7 Å². The number of carbonyl (C=O) groups excluding carboxylic acids is 2. The number of unbranched alkanes of at least 4 members (excludes halogenated alkanes) is 4. The van der Waals surface area contributed by atoms with Gasteiger partial charge in [-0.25, -0.2) is 0 Å². The van der Waals surface area contributed by atoms with Crippen molar-refractivity contribution in [1.82, 2.24) is 9.80 Å². The van der Waals surface area contributed by atoms with Crippen LogP contribution in [0.4, 0.5) is 0 Å². The maximum Gasteiger partial charge on any atom is 0.243 e. The van der Waals surface area contributed by atoms with Crippen LogP contribution in [0.5, 0.6) is 5.75 Å². The fraction of sp³-hybridized carbons (Fsp3) is 0.571. The first-order valence-corrected chi connectivity index (χ1v) is 13.7. The molecule has 3 rings (SSSR count). The van der Waals surface area contributed by atoms with E-state index >= 15 is 0 Å². The monoisotopic (exact) mass is 484 g/mol. The summed E-state index contributed by atoms with van der Waals surface area (Å²) in [6, 6.07) is 10.1. The third-order valence-corrected chi connectivity index (χ3v) is 7.96. The van der Waals surface area contributed by atoms with Crippen molar-refractivity contribution in [3.63, 3.8) is 0 Å². The highest BCUT2D eigenvalue weighted by Gasteiger charge is 2.34. The molecule has 0 N–H and O–H groups in total. The van der Waals surface area contributed by atoms with E-state index in [1.54, 1.807) is 18.4 Å². The van der Waals surface area contributed by atoms with Crippen molar-refractivity contribution < 1.29 is 14.3 Å². The normalized spacial score (nSPS) is 16.1. The summed E-state index contributed by atoms with van der Waals surface area (Å²) in [6.45, 7) is 7.14. The molecule has 2 heterocycles. The number of fused-ring (bicyclic) bond motifs is 1. The Morgan fingerprint density at radius 1 is 1.12 bits per heavy atom. The summed E-state index contributed by atoms with van der Waals surface area (Å²) in [7, 11) is 1.66. The summed E-state index contributed by atoms with van der Waals surface area (Å²) in [4.78, 5) is 31.9. The molecule has 6 heteroatoms. The van der Waals surface area contributed by atoms with Gasteiger partial charge in [0.2, 0.25) is 11.8 Å². The molecule has 0 fully saturated rings. The lowest BCUT2D eigenvalue weighted by molar-refractivity contribution is -0.143. The Bertz CT molecular complexity index is 924. The number of hydrogen-bond acceptors (Lipinski definition) is 4. The molecule has 2 aromatic rings. The van der Waals surface area contributed by atoms with Crippen LogP contribution in [0.25, 0.3) is 0 Å². The molecule has 0 radical (unpaired) electrons. The lowest BCUT2D eigenvalue weighted by Crippen LogP contribution is -2.49. The Kier molecular flexibility index (Phi) is 10.00. The Labute approximate surface area is 209 Å². The second-order valence-electron chi connectivity index (χ2n) is 9.26. The van der Waals surface area contributed by atoms with E-state index < -0.39 is 0 Å². The van der Waals surface area contributed by atoms with E-state index in [0.717, 1.165) is 37.0 Å². The van der Waals surface area contributed by atoms with Gasteiger partial charge in [0.1, 0.15) is 12.3 Å². The van der Waals surface area contributed by atoms with Gasteiger partial charge in [-0.2, -0.15) is 0 Å². The van der Waals surface area contributed by atoms with E-state index in [0.29, 0.717) is 13.0 Å². The van der Waals surface area contributed by atoms with Crippen LogP contribution in [0.3, 0.4) is 0 Å². The lowest BCUT2D eigenvalue weighted by atomic mass is 9.93. The van der Waals surface area contributed by atoms with Crippen molar-refractivity contribution in [2.75, 3.05) is 20.2 Å². The molecule has 1 aromatic heterocycles. The van der Waals surface area contributed by atoms with Gasteiger partial charge in [-0.1, -0.05) is 51.7 Å². The number of carbonyl (C=O) groups is 2. The molecule has 0 spiro atoms. The molecule has 0 saturated carbocycles. The molecule has 0 aliphatic carbocycles. The second kappa shape index (κ2) is 12.9. The summed E-state index contributed by atoms with van der Waals surface area (Å²) in [6.07, 6.45) is 7.78. The highest BCUT2D eigenvalue weighted by atomic mass is 32.1. The molecule has 0 saturated heterocycles. The molecular weight excluding hydrogens is 444 g/mol. The van der Waals surface area contributed by atoms with Crippen molar-refractivity contribution >= 4 is 23.2 Å². The Morgan fingerprint density at radius 2 is 1.85 bits per heavy atom. The number of ether oxygens (including phenoxy) is 1. The van der Waals surface area contributed by atoms with E-state index in [9.17, 15) is 9.59 Å². The summed E-state index contributed by atoms with van der Waals surface area (Å²) in [5.41, 5.74) is 2.28. The summed E-state index contributed by atoms with van der Waals surface area (Å²) >= 11 is 1.76. The van der Waals surface area contributed by atoms with Crippen molar-refractivity contribution in [3.05, 3.63) is 51.7 Å².